The number of anilines is 1. The number of carbonyl (C=O) groups is 2. The number of halogens is 2. The second kappa shape index (κ2) is 13.0. The maximum atomic E-state index is 13.1. The van der Waals surface area contributed by atoms with Gasteiger partial charge in [0.15, 0.2) is 6.61 Å². The lowest BCUT2D eigenvalue weighted by atomic mass is 9.98. The van der Waals surface area contributed by atoms with Crippen LogP contribution in [0, 0.1) is 11.3 Å². The highest BCUT2D eigenvalue weighted by Gasteiger charge is 2.31. The molecule has 10 nitrogen and oxygen atoms in total. The van der Waals surface area contributed by atoms with Gasteiger partial charge < -0.3 is 13.9 Å². The fraction of sp³-hybridized carbons (Fsp3) is 0.167. The highest BCUT2D eigenvalue weighted by atomic mass is 35.5. The summed E-state index contributed by atoms with van der Waals surface area (Å²) in [6, 6.07) is 22.4. The number of hydrogen-bond acceptors (Lipinski definition) is 8. The maximum absolute atomic E-state index is 13.1. The van der Waals surface area contributed by atoms with Gasteiger partial charge in [-0.15, -0.1) is 0 Å². The van der Waals surface area contributed by atoms with Gasteiger partial charge in [-0.3, -0.25) is 10.1 Å². The van der Waals surface area contributed by atoms with Crippen LogP contribution >= 0.6 is 23.2 Å². The van der Waals surface area contributed by atoms with Crippen LogP contribution in [0.5, 0.6) is 0 Å². The number of morpholine rings is 1. The van der Waals surface area contributed by atoms with Gasteiger partial charge in [0.25, 0.3) is 5.91 Å². The molecule has 0 atom stereocenters. The van der Waals surface area contributed by atoms with Crippen molar-refractivity contribution in [2.45, 2.75) is 4.90 Å². The number of sulfonamides is 1. The molecule has 0 saturated carbocycles. The summed E-state index contributed by atoms with van der Waals surface area (Å²) in [7, 11) is -4.06. The Balaban J connectivity index is 1.36. The van der Waals surface area contributed by atoms with Gasteiger partial charge in [-0.1, -0.05) is 83.9 Å². The minimum Gasteiger partial charge on any atom is -0.452 e. The molecular weight excluding hydrogens is 617 g/mol. The molecule has 43 heavy (non-hydrogen) atoms. The Morgan fingerprint density at radius 3 is 2.21 bits per heavy atom. The van der Waals surface area contributed by atoms with E-state index < -0.39 is 28.5 Å². The quantitative estimate of drug-likeness (QED) is 0.245. The van der Waals surface area contributed by atoms with Crippen molar-refractivity contribution < 1.29 is 31.9 Å². The van der Waals surface area contributed by atoms with Crippen LogP contribution in [-0.4, -0.2) is 57.5 Å². The zero-order valence-electron chi connectivity index (χ0n) is 22.4. The number of esters is 1. The first-order valence-electron chi connectivity index (χ1n) is 12.9. The van der Waals surface area contributed by atoms with Gasteiger partial charge in [-0.2, -0.15) is 9.57 Å². The summed E-state index contributed by atoms with van der Waals surface area (Å²) in [6.45, 7) is -0.0990. The average molecular weight is 641 g/mol. The number of furan rings is 1. The van der Waals surface area contributed by atoms with Gasteiger partial charge >= 0.3 is 5.97 Å². The molecule has 1 N–H and O–H groups in total. The number of nitrogens with one attached hydrogen (secondary N) is 1. The molecule has 5 rings (SSSR count). The molecule has 1 amide bonds. The molecule has 0 bridgehead atoms. The fourth-order valence-electron chi connectivity index (χ4n) is 4.48. The molecule has 2 heterocycles. The van der Waals surface area contributed by atoms with Gasteiger partial charge in [-0.25, -0.2) is 13.2 Å². The second-order valence-corrected chi connectivity index (χ2v) is 12.0. The predicted molar refractivity (Wildman–Crippen MR) is 159 cm³/mol. The van der Waals surface area contributed by atoms with E-state index in [9.17, 15) is 23.3 Å². The van der Waals surface area contributed by atoms with Crippen LogP contribution in [0.3, 0.4) is 0 Å². The fourth-order valence-corrected chi connectivity index (χ4v) is 6.71. The lowest BCUT2D eigenvalue weighted by Crippen LogP contribution is -2.40. The minimum absolute atomic E-state index is 0.0865. The molecule has 220 valence electrons. The average Bonchev–Trinajstić information content (AvgIpc) is 3.39. The summed E-state index contributed by atoms with van der Waals surface area (Å²) < 4.78 is 43.8. The van der Waals surface area contributed by atoms with E-state index in [1.54, 1.807) is 0 Å². The molecule has 0 radical (unpaired) electrons. The van der Waals surface area contributed by atoms with Crippen LogP contribution < -0.4 is 5.32 Å². The molecular formula is C30H23Cl2N3O7S. The lowest BCUT2D eigenvalue weighted by Gasteiger charge is -2.26. The van der Waals surface area contributed by atoms with Crippen LogP contribution in [0.4, 0.5) is 5.88 Å². The monoisotopic (exact) mass is 639 g/mol. The van der Waals surface area contributed by atoms with Crippen LogP contribution in [0.2, 0.25) is 10.0 Å². The van der Waals surface area contributed by atoms with Crippen molar-refractivity contribution in [3.8, 4) is 28.5 Å². The number of nitrogens with zero attached hydrogens (tertiary/aromatic N) is 2. The molecule has 3 aromatic carbocycles. The van der Waals surface area contributed by atoms with Crippen molar-refractivity contribution in [3.05, 3.63) is 94.0 Å². The van der Waals surface area contributed by atoms with Crippen molar-refractivity contribution in [1.82, 2.24) is 4.31 Å². The minimum atomic E-state index is -4.06. The summed E-state index contributed by atoms with van der Waals surface area (Å²) in [5.41, 5.74) is 1.67. The molecule has 0 spiro atoms. The third-order valence-corrected chi connectivity index (χ3v) is 9.21. The van der Waals surface area contributed by atoms with E-state index in [-0.39, 0.29) is 58.3 Å². The predicted octanol–water partition coefficient (Wildman–Crippen LogP) is 5.61. The Hall–Kier alpha value is -4.18. The molecule has 1 aliphatic heterocycles. The first-order valence-corrected chi connectivity index (χ1v) is 15.1. The Morgan fingerprint density at radius 1 is 0.953 bits per heavy atom. The summed E-state index contributed by atoms with van der Waals surface area (Å²) in [4.78, 5) is 25.4. The number of amides is 1. The van der Waals surface area contributed by atoms with E-state index in [1.165, 1.54) is 4.31 Å². The molecule has 1 aromatic heterocycles. The highest BCUT2D eigenvalue weighted by molar-refractivity contribution is 7.89. The molecule has 1 aliphatic rings. The van der Waals surface area contributed by atoms with Crippen LogP contribution in [-0.2, 0) is 24.3 Å². The van der Waals surface area contributed by atoms with Crippen molar-refractivity contribution >= 4 is 51.0 Å². The third kappa shape index (κ3) is 6.44. The molecule has 1 fully saturated rings. The van der Waals surface area contributed by atoms with Crippen molar-refractivity contribution in [2.75, 3.05) is 38.2 Å². The van der Waals surface area contributed by atoms with Crippen molar-refractivity contribution in [3.63, 3.8) is 0 Å². The molecule has 0 unspecified atom stereocenters. The topological polar surface area (TPSA) is 139 Å². The number of hydrogen-bond donors (Lipinski definition) is 1. The zero-order chi connectivity index (χ0) is 30.6. The van der Waals surface area contributed by atoms with Gasteiger partial charge in [0.05, 0.1) is 28.8 Å². The van der Waals surface area contributed by atoms with Crippen LogP contribution in [0.25, 0.3) is 22.5 Å². The van der Waals surface area contributed by atoms with Gasteiger partial charge in [0.2, 0.25) is 15.9 Å². The first-order chi connectivity index (χ1) is 20.7. The largest absolute Gasteiger partial charge is 0.452 e. The number of nitriles is 1. The highest BCUT2D eigenvalue weighted by Crippen LogP contribution is 2.41. The normalized spacial score (nSPS) is 13.7. The van der Waals surface area contributed by atoms with Crippen molar-refractivity contribution in [2.24, 2.45) is 0 Å². The van der Waals surface area contributed by atoms with Crippen LogP contribution in [0.1, 0.15) is 15.9 Å². The number of carbonyl (C=O) groups excluding carboxylic acids is 2. The Bertz CT molecular complexity index is 1820. The SMILES string of the molecule is N#Cc1c(NC(=O)COC(=O)c2cc(S(=O)(=O)N3CCOCC3)c(Cl)cc2Cl)oc(-c2ccccc2)c1-c1ccccc1. The van der Waals surface area contributed by atoms with E-state index in [0.29, 0.717) is 22.5 Å². The summed E-state index contributed by atoms with van der Waals surface area (Å²) in [6.07, 6.45) is 0. The lowest BCUT2D eigenvalue weighted by molar-refractivity contribution is -0.119. The van der Waals surface area contributed by atoms with Gasteiger partial charge in [0, 0.05) is 24.2 Å². The standard InChI is InChI=1S/C30H23Cl2N3O7S/c31-23-16-24(32)25(43(38,39)35-11-13-40-14-12-35)15-21(23)30(37)41-18-26(36)34-29-22(17-33)27(19-7-3-1-4-8-19)28(42-29)20-9-5-2-6-10-20/h1-10,15-16H,11-14,18H2,(H,34,36). The van der Waals surface area contributed by atoms with E-state index in [1.807, 2.05) is 60.7 Å². The zero-order valence-corrected chi connectivity index (χ0v) is 24.7. The molecule has 4 aromatic rings. The Kier molecular flexibility index (Phi) is 9.15. The van der Waals surface area contributed by atoms with Gasteiger partial charge in [0.1, 0.15) is 22.3 Å². The summed E-state index contributed by atoms with van der Waals surface area (Å²) in [5.74, 6) is -1.60. The van der Waals surface area contributed by atoms with E-state index >= 15 is 0 Å². The smallest absolute Gasteiger partial charge is 0.340 e. The number of ether oxygens (including phenoxy) is 2. The number of benzene rings is 3. The van der Waals surface area contributed by atoms with E-state index in [4.69, 9.17) is 37.1 Å². The molecule has 13 heteroatoms. The summed E-state index contributed by atoms with van der Waals surface area (Å²) in [5, 5.41) is 12.2. The second-order valence-electron chi connectivity index (χ2n) is 9.26. The van der Waals surface area contributed by atoms with Crippen molar-refractivity contribution in [1.29, 1.82) is 5.26 Å². The number of rotatable bonds is 8. The maximum Gasteiger partial charge on any atom is 0.340 e. The van der Waals surface area contributed by atoms with E-state index in [0.717, 1.165) is 12.1 Å². The molecule has 1 saturated heterocycles. The van der Waals surface area contributed by atoms with Gasteiger partial charge in [-0.05, 0) is 17.7 Å². The van der Waals surface area contributed by atoms with E-state index in [2.05, 4.69) is 11.4 Å². The molecule has 0 aliphatic carbocycles. The third-order valence-electron chi connectivity index (χ3n) is 6.54. The van der Waals surface area contributed by atoms with Crippen LogP contribution in [0.15, 0.2) is 82.1 Å². The summed E-state index contributed by atoms with van der Waals surface area (Å²) >= 11 is 12.4. The Labute approximate surface area is 257 Å². The first kappa shape index (κ1) is 30.3. The Morgan fingerprint density at radius 2 is 1.58 bits per heavy atom.